The molecular formula is C16H15BrO3S. The van der Waals surface area contributed by atoms with Crippen molar-refractivity contribution in [1.29, 1.82) is 0 Å². The van der Waals surface area contributed by atoms with Crippen LogP contribution in [0.5, 0.6) is 5.75 Å². The van der Waals surface area contributed by atoms with Crippen LogP contribution in [-0.4, -0.2) is 23.4 Å². The first-order valence-electron chi connectivity index (χ1n) is 6.41. The summed E-state index contributed by atoms with van der Waals surface area (Å²) in [7, 11) is 0. The minimum Gasteiger partial charge on any atom is -0.493 e. The van der Waals surface area contributed by atoms with E-state index in [9.17, 15) is 4.79 Å². The van der Waals surface area contributed by atoms with Gasteiger partial charge in [-0.05, 0) is 37.3 Å². The zero-order chi connectivity index (χ0) is 15.2. The number of hydrogen-bond donors (Lipinski definition) is 1. The average Bonchev–Trinajstić information content (AvgIpc) is 2.45. The van der Waals surface area contributed by atoms with E-state index in [4.69, 9.17) is 9.84 Å². The number of rotatable bonds is 6. The van der Waals surface area contributed by atoms with Gasteiger partial charge in [-0.1, -0.05) is 33.6 Å². The lowest BCUT2D eigenvalue weighted by atomic mass is 10.2. The Morgan fingerprint density at radius 1 is 1.24 bits per heavy atom. The zero-order valence-electron chi connectivity index (χ0n) is 11.5. The van der Waals surface area contributed by atoms with E-state index in [0.717, 1.165) is 15.1 Å². The molecule has 0 saturated carbocycles. The fraction of sp³-hybridized carbons (Fsp3) is 0.188. The maximum atomic E-state index is 11.2. The number of hydrogen-bond acceptors (Lipinski definition) is 3. The molecular weight excluding hydrogens is 352 g/mol. The molecule has 0 aliphatic rings. The van der Waals surface area contributed by atoms with E-state index < -0.39 is 5.97 Å². The maximum Gasteiger partial charge on any atom is 0.336 e. The van der Waals surface area contributed by atoms with Gasteiger partial charge in [0.05, 0.1) is 12.2 Å². The Morgan fingerprint density at radius 3 is 2.62 bits per heavy atom. The quantitative estimate of drug-likeness (QED) is 0.598. The number of thioether (sulfide) groups is 1. The number of carboxylic acid groups (broad SMARTS) is 1. The molecule has 0 radical (unpaired) electrons. The molecule has 0 fully saturated rings. The molecule has 0 unspecified atom stereocenters. The van der Waals surface area contributed by atoms with Crippen molar-refractivity contribution in [3.63, 3.8) is 0 Å². The van der Waals surface area contributed by atoms with Crippen molar-refractivity contribution in [1.82, 2.24) is 0 Å². The molecule has 2 aromatic carbocycles. The van der Waals surface area contributed by atoms with E-state index in [1.807, 2.05) is 37.3 Å². The van der Waals surface area contributed by atoms with E-state index in [1.165, 1.54) is 17.3 Å². The molecule has 3 nitrogen and oxygen atoms in total. The van der Waals surface area contributed by atoms with E-state index >= 15 is 0 Å². The van der Waals surface area contributed by atoms with Crippen molar-refractivity contribution in [3.05, 3.63) is 58.1 Å². The first-order chi connectivity index (χ1) is 10.1. The van der Waals surface area contributed by atoms with Crippen molar-refractivity contribution in [2.45, 2.75) is 11.8 Å². The highest BCUT2D eigenvalue weighted by Gasteiger charge is 2.10. The van der Waals surface area contributed by atoms with Gasteiger partial charge in [-0.25, -0.2) is 4.79 Å². The van der Waals surface area contributed by atoms with Gasteiger partial charge in [-0.2, -0.15) is 0 Å². The zero-order valence-corrected chi connectivity index (χ0v) is 13.9. The van der Waals surface area contributed by atoms with Crippen LogP contribution >= 0.6 is 27.7 Å². The van der Waals surface area contributed by atoms with Crippen molar-refractivity contribution in [2.24, 2.45) is 0 Å². The molecule has 2 aromatic rings. The third-order valence-corrected chi connectivity index (χ3v) is 4.32. The van der Waals surface area contributed by atoms with Gasteiger partial charge in [0.1, 0.15) is 5.75 Å². The van der Waals surface area contributed by atoms with Gasteiger partial charge in [0, 0.05) is 15.1 Å². The molecule has 1 N–H and O–H groups in total. The highest BCUT2D eigenvalue weighted by atomic mass is 79.9. The topological polar surface area (TPSA) is 46.5 Å². The molecule has 0 amide bonds. The van der Waals surface area contributed by atoms with Gasteiger partial charge in [0.25, 0.3) is 0 Å². The largest absolute Gasteiger partial charge is 0.493 e. The normalized spacial score (nSPS) is 10.4. The fourth-order valence-corrected chi connectivity index (χ4v) is 3.16. The molecule has 0 spiro atoms. The van der Waals surface area contributed by atoms with Crippen LogP contribution in [0.15, 0.2) is 51.8 Å². The van der Waals surface area contributed by atoms with Crippen LogP contribution in [0.25, 0.3) is 0 Å². The highest BCUT2D eigenvalue weighted by Crippen LogP contribution is 2.26. The lowest BCUT2D eigenvalue weighted by molar-refractivity contribution is 0.0693. The van der Waals surface area contributed by atoms with E-state index in [0.29, 0.717) is 17.9 Å². The van der Waals surface area contributed by atoms with Crippen LogP contribution in [0.2, 0.25) is 0 Å². The molecule has 0 aliphatic heterocycles. The Kier molecular flexibility index (Phi) is 5.70. The number of benzene rings is 2. The first-order valence-corrected chi connectivity index (χ1v) is 8.19. The second kappa shape index (κ2) is 7.52. The lowest BCUT2D eigenvalue weighted by Crippen LogP contribution is -2.03. The van der Waals surface area contributed by atoms with E-state index in [1.54, 1.807) is 12.1 Å². The molecule has 0 saturated heterocycles. The van der Waals surface area contributed by atoms with Crippen molar-refractivity contribution < 1.29 is 14.6 Å². The molecule has 21 heavy (non-hydrogen) atoms. The third-order valence-electron chi connectivity index (χ3n) is 2.80. The van der Waals surface area contributed by atoms with Crippen molar-refractivity contribution in [3.8, 4) is 5.75 Å². The van der Waals surface area contributed by atoms with Crippen LogP contribution < -0.4 is 4.74 Å². The van der Waals surface area contributed by atoms with Crippen molar-refractivity contribution in [2.75, 3.05) is 12.4 Å². The average molecular weight is 367 g/mol. The monoisotopic (exact) mass is 366 g/mol. The molecule has 5 heteroatoms. The number of halogens is 1. The summed E-state index contributed by atoms with van der Waals surface area (Å²) in [6.45, 7) is 2.56. The van der Waals surface area contributed by atoms with Gasteiger partial charge in [0.2, 0.25) is 0 Å². The second-order valence-electron chi connectivity index (χ2n) is 4.46. The SMILES string of the molecule is Cc1ccc(OCCSc2cc(Br)ccc2C(=O)O)cc1. The Balaban J connectivity index is 1.90. The van der Waals surface area contributed by atoms with E-state index in [2.05, 4.69) is 15.9 Å². The minimum atomic E-state index is -0.913. The van der Waals surface area contributed by atoms with Crippen LogP contribution in [0.1, 0.15) is 15.9 Å². The lowest BCUT2D eigenvalue weighted by Gasteiger charge is -2.08. The second-order valence-corrected chi connectivity index (χ2v) is 6.51. The summed E-state index contributed by atoms with van der Waals surface area (Å²) in [4.78, 5) is 11.9. The maximum absolute atomic E-state index is 11.2. The molecule has 0 bridgehead atoms. The standard InChI is InChI=1S/C16H15BrO3S/c1-11-2-5-13(6-3-11)20-8-9-21-15-10-12(17)4-7-14(15)16(18)19/h2-7,10H,8-9H2,1H3,(H,18,19). The minimum absolute atomic E-state index is 0.318. The smallest absolute Gasteiger partial charge is 0.336 e. The Bertz CT molecular complexity index is 626. The number of aromatic carboxylic acids is 1. The summed E-state index contributed by atoms with van der Waals surface area (Å²) >= 11 is 4.84. The molecule has 0 aromatic heterocycles. The van der Waals surface area contributed by atoms with Gasteiger partial charge in [-0.15, -0.1) is 11.8 Å². The first kappa shape index (κ1) is 15.9. The molecule has 0 heterocycles. The number of aryl methyl sites for hydroxylation is 1. The predicted molar refractivity (Wildman–Crippen MR) is 88.5 cm³/mol. The third kappa shape index (κ3) is 4.79. The van der Waals surface area contributed by atoms with Gasteiger partial charge in [-0.3, -0.25) is 0 Å². The molecule has 0 aliphatic carbocycles. The molecule has 2 rings (SSSR count). The van der Waals surface area contributed by atoms with Crippen LogP contribution in [-0.2, 0) is 0 Å². The number of ether oxygens (including phenoxy) is 1. The number of carboxylic acids is 1. The Labute approximate surface area is 136 Å². The highest BCUT2D eigenvalue weighted by molar-refractivity contribution is 9.10. The van der Waals surface area contributed by atoms with Gasteiger partial charge >= 0.3 is 5.97 Å². The van der Waals surface area contributed by atoms with E-state index in [-0.39, 0.29) is 0 Å². The summed E-state index contributed by atoms with van der Waals surface area (Å²) in [5.41, 5.74) is 1.51. The van der Waals surface area contributed by atoms with Crippen LogP contribution in [0.3, 0.4) is 0 Å². The summed E-state index contributed by atoms with van der Waals surface area (Å²) in [6, 6.07) is 13.0. The summed E-state index contributed by atoms with van der Waals surface area (Å²) in [6.07, 6.45) is 0. The van der Waals surface area contributed by atoms with Crippen LogP contribution in [0, 0.1) is 6.92 Å². The summed E-state index contributed by atoms with van der Waals surface area (Å²) in [5.74, 6) is 0.600. The Morgan fingerprint density at radius 2 is 1.95 bits per heavy atom. The van der Waals surface area contributed by atoms with Gasteiger partial charge < -0.3 is 9.84 Å². The summed E-state index contributed by atoms with van der Waals surface area (Å²) < 4.78 is 6.50. The fourth-order valence-electron chi connectivity index (χ4n) is 1.74. The summed E-state index contributed by atoms with van der Waals surface area (Å²) in [5, 5.41) is 9.16. The number of carbonyl (C=O) groups is 1. The Hall–Kier alpha value is -1.46. The molecule has 110 valence electrons. The molecule has 0 atom stereocenters. The van der Waals surface area contributed by atoms with Gasteiger partial charge in [0.15, 0.2) is 0 Å². The van der Waals surface area contributed by atoms with Crippen LogP contribution in [0.4, 0.5) is 0 Å². The van der Waals surface area contributed by atoms with Crippen molar-refractivity contribution >= 4 is 33.7 Å². The predicted octanol–water partition coefficient (Wildman–Crippen LogP) is 4.63.